The first-order chi connectivity index (χ1) is 8.56. The zero-order valence-electron chi connectivity index (χ0n) is 10.2. The smallest absolute Gasteiger partial charge is 0.303 e. The lowest BCUT2D eigenvalue weighted by molar-refractivity contribution is -0.150. The van der Waals surface area contributed by atoms with Crippen LogP contribution in [0.15, 0.2) is 30.3 Å². The maximum absolute atomic E-state index is 11.7. The van der Waals surface area contributed by atoms with Crippen molar-refractivity contribution < 1.29 is 14.3 Å². The van der Waals surface area contributed by atoms with E-state index in [2.05, 4.69) is 10.3 Å². The first-order valence-corrected chi connectivity index (χ1v) is 5.62. The summed E-state index contributed by atoms with van der Waals surface area (Å²) in [7, 11) is 0. The lowest BCUT2D eigenvalue weighted by Crippen LogP contribution is -2.29. The van der Waals surface area contributed by atoms with Gasteiger partial charge in [0, 0.05) is 17.8 Å². The summed E-state index contributed by atoms with van der Waals surface area (Å²) in [5, 5.41) is 3.67. The number of carbonyl (C=O) groups excluding carboxylic acids is 2. The summed E-state index contributed by atoms with van der Waals surface area (Å²) in [6.45, 7) is 2.80. The molecule has 0 saturated carbocycles. The van der Waals surface area contributed by atoms with Crippen molar-refractivity contribution in [3.05, 3.63) is 30.3 Å². The molecular weight excluding hydrogens is 232 g/mol. The second-order valence-corrected chi connectivity index (χ2v) is 4.01. The Bertz CT molecular complexity index is 556. The molecule has 2 N–H and O–H groups in total. The largest absolute Gasteiger partial charge is 0.453 e. The third-order valence-corrected chi connectivity index (χ3v) is 2.50. The molecule has 1 aromatic heterocycles. The van der Waals surface area contributed by atoms with Crippen LogP contribution in [0.4, 0.5) is 5.82 Å². The molecule has 0 aliphatic heterocycles. The highest BCUT2D eigenvalue weighted by Crippen LogP contribution is 2.18. The number of aromatic amines is 1. The van der Waals surface area contributed by atoms with Gasteiger partial charge in [0.2, 0.25) is 0 Å². The monoisotopic (exact) mass is 246 g/mol. The van der Waals surface area contributed by atoms with Crippen LogP contribution < -0.4 is 5.32 Å². The lowest BCUT2D eigenvalue weighted by Gasteiger charge is -2.10. The molecule has 0 fully saturated rings. The highest BCUT2D eigenvalue weighted by Gasteiger charge is 2.16. The van der Waals surface area contributed by atoms with Gasteiger partial charge in [0.1, 0.15) is 5.82 Å². The van der Waals surface area contributed by atoms with E-state index in [0.717, 1.165) is 10.9 Å². The molecule has 1 amide bonds. The van der Waals surface area contributed by atoms with Gasteiger partial charge in [0.25, 0.3) is 5.91 Å². The van der Waals surface area contributed by atoms with Crippen LogP contribution >= 0.6 is 0 Å². The first-order valence-electron chi connectivity index (χ1n) is 5.62. The van der Waals surface area contributed by atoms with Crippen LogP contribution in [-0.4, -0.2) is 23.0 Å². The number of amides is 1. The van der Waals surface area contributed by atoms with Crippen molar-refractivity contribution >= 4 is 28.6 Å². The molecule has 0 aliphatic rings. The van der Waals surface area contributed by atoms with Crippen molar-refractivity contribution in [2.75, 3.05) is 5.32 Å². The van der Waals surface area contributed by atoms with Crippen LogP contribution in [0.3, 0.4) is 0 Å². The van der Waals surface area contributed by atoms with E-state index in [1.54, 1.807) is 0 Å². The van der Waals surface area contributed by atoms with Crippen molar-refractivity contribution in [1.82, 2.24) is 4.98 Å². The van der Waals surface area contributed by atoms with Gasteiger partial charge < -0.3 is 15.0 Å². The number of ether oxygens (including phenoxy) is 1. The van der Waals surface area contributed by atoms with Crippen LogP contribution in [-0.2, 0) is 14.3 Å². The Kier molecular flexibility index (Phi) is 3.32. The molecule has 0 spiro atoms. The maximum atomic E-state index is 11.7. The third-order valence-electron chi connectivity index (χ3n) is 2.50. The fourth-order valence-corrected chi connectivity index (χ4v) is 1.68. The van der Waals surface area contributed by atoms with Gasteiger partial charge in [-0.25, -0.2) is 0 Å². The molecule has 0 bridgehead atoms. The minimum absolute atomic E-state index is 0.364. The number of H-pyrrole nitrogens is 1. The van der Waals surface area contributed by atoms with Crippen LogP contribution in [0.2, 0.25) is 0 Å². The van der Waals surface area contributed by atoms with Gasteiger partial charge in [-0.05, 0) is 19.1 Å². The standard InChI is InChI=1S/C13H14N2O3/c1-8(18-9(2)16)13(17)15-12-7-10-5-3-4-6-11(10)14-12/h3-8,14H,1-2H3,(H,15,17)/t8-/m0/s1. The number of aromatic nitrogens is 1. The zero-order chi connectivity index (χ0) is 13.1. The van der Waals surface area contributed by atoms with Crippen molar-refractivity contribution in [3.63, 3.8) is 0 Å². The summed E-state index contributed by atoms with van der Waals surface area (Å²) < 4.78 is 4.79. The number of hydrogen-bond donors (Lipinski definition) is 2. The van der Waals surface area contributed by atoms with Gasteiger partial charge in [0.05, 0.1) is 0 Å². The van der Waals surface area contributed by atoms with Crippen LogP contribution in [0.25, 0.3) is 10.9 Å². The number of carbonyl (C=O) groups is 2. The highest BCUT2D eigenvalue weighted by molar-refractivity contribution is 5.96. The van der Waals surface area contributed by atoms with E-state index < -0.39 is 12.1 Å². The van der Waals surface area contributed by atoms with Gasteiger partial charge >= 0.3 is 5.97 Å². The molecule has 2 rings (SSSR count). The van der Waals surface area contributed by atoms with Crippen LogP contribution in [0.1, 0.15) is 13.8 Å². The van der Waals surface area contributed by atoms with E-state index in [-0.39, 0.29) is 5.91 Å². The number of esters is 1. The fraction of sp³-hybridized carbons (Fsp3) is 0.231. The number of fused-ring (bicyclic) bond motifs is 1. The lowest BCUT2D eigenvalue weighted by atomic mass is 10.2. The Hall–Kier alpha value is -2.30. The number of para-hydroxylation sites is 1. The minimum Gasteiger partial charge on any atom is -0.453 e. The molecule has 2 aromatic rings. The molecule has 0 saturated heterocycles. The van der Waals surface area contributed by atoms with E-state index >= 15 is 0 Å². The summed E-state index contributed by atoms with van der Waals surface area (Å²) in [4.78, 5) is 25.5. The fourth-order valence-electron chi connectivity index (χ4n) is 1.68. The molecule has 0 aliphatic carbocycles. The highest BCUT2D eigenvalue weighted by atomic mass is 16.5. The van der Waals surface area contributed by atoms with E-state index in [1.807, 2.05) is 30.3 Å². The maximum Gasteiger partial charge on any atom is 0.303 e. The number of rotatable bonds is 3. The number of anilines is 1. The Morgan fingerprint density at radius 1 is 1.33 bits per heavy atom. The predicted octanol–water partition coefficient (Wildman–Crippen LogP) is 2.06. The molecule has 1 heterocycles. The number of nitrogens with one attached hydrogen (secondary N) is 2. The zero-order valence-corrected chi connectivity index (χ0v) is 10.2. The summed E-state index contributed by atoms with van der Waals surface area (Å²) in [6.07, 6.45) is -0.811. The summed E-state index contributed by atoms with van der Waals surface area (Å²) in [6, 6.07) is 9.51. The van der Waals surface area contributed by atoms with Gasteiger partial charge in [-0.1, -0.05) is 18.2 Å². The Morgan fingerprint density at radius 2 is 2.06 bits per heavy atom. The Morgan fingerprint density at radius 3 is 2.72 bits per heavy atom. The summed E-state index contributed by atoms with van der Waals surface area (Å²) in [5.74, 6) is -0.258. The third kappa shape index (κ3) is 2.68. The SMILES string of the molecule is CC(=O)O[C@@H](C)C(=O)Nc1cc2ccccc2[nH]1. The Labute approximate surface area is 104 Å². The topological polar surface area (TPSA) is 71.2 Å². The molecule has 94 valence electrons. The molecule has 5 nitrogen and oxygen atoms in total. The quantitative estimate of drug-likeness (QED) is 0.814. The minimum atomic E-state index is -0.811. The molecule has 0 radical (unpaired) electrons. The van der Waals surface area contributed by atoms with Crippen molar-refractivity contribution in [1.29, 1.82) is 0 Å². The van der Waals surface area contributed by atoms with Gasteiger partial charge in [-0.2, -0.15) is 0 Å². The van der Waals surface area contributed by atoms with Crippen molar-refractivity contribution in [2.45, 2.75) is 20.0 Å². The Balaban J connectivity index is 2.09. The first kappa shape index (κ1) is 12.2. The molecule has 1 atom stereocenters. The van der Waals surface area contributed by atoms with Crippen molar-refractivity contribution in [2.24, 2.45) is 0 Å². The molecular formula is C13H14N2O3. The second-order valence-electron chi connectivity index (χ2n) is 4.01. The van der Waals surface area contributed by atoms with E-state index in [0.29, 0.717) is 5.82 Å². The number of hydrogen-bond acceptors (Lipinski definition) is 3. The molecule has 18 heavy (non-hydrogen) atoms. The summed E-state index contributed by atoms with van der Waals surface area (Å²) >= 11 is 0. The van der Waals surface area contributed by atoms with Gasteiger partial charge in [-0.3, -0.25) is 9.59 Å². The van der Waals surface area contributed by atoms with Crippen molar-refractivity contribution in [3.8, 4) is 0 Å². The molecule has 1 aromatic carbocycles. The normalized spacial score (nSPS) is 12.1. The molecule has 5 heteroatoms. The van der Waals surface area contributed by atoms with Crippen LogP contribution in [0, 0.1) is 0 Å². The average molecular weight is 246 g/mol. The van der Waals surface area contributed by atoms with Crippen LogP contribution in [0.5, 0.6) is 0 Å². The van der Waals surface area contributed by atoms with Gasteiger partial charge in [0.15, 0.2) is 6.10 Å². The number of benzene rings is 1. The van der Waals surface area contributed by atoms with Gasteiger partial charge in [-0.15, -0.1) is 0 Å². The van der Waals surface area contributed by atoms with E-state index in [9.17, 15) is 9.59 Å². The summed E-state index contributed by atoms with van der Waals surface area (Å²) in [5.41, 5.74) is 0.938. The predicted molar refractivity (Wildman–Crippen MR) is 68.2 cm³/mol. The van der Waals surface area contributed by atoms with E-state index in [1.165, 1.54) is 13.8 Å². The average Bonchev–Trinajstić information content (AvgIpc) is 2.69. The molecule has 0 unspecified atom stereocenters. The second kappa shape index (κ2) is 4.91. The van der Waals surface area contributed by atoms with E-state index in [4.69, 9.17) is 4.74 Å².